The molecule has 2 N–H and O–H groups in total. The van der Waals surface area contributed by atoms with Crippen molar-refractivity contribution in [3.8, 4) is 0 Å². The zero-order valence-electron chi connectivity index (χ0n) is 16.3. The minimum atomic E-state index is -3.44. The van der Waals surface area contributed by atoms with Crippen LogP contribution in [0.2, 0.25) is 0 Å². The Morgan fingerprint density at radius 2 is 1.57 bits per heavy atom. The van der Waals surface area contributed by atoms with Gasteiger partial charge in [0.2, 0.25) is 15.9 Å². The van der Waals surface area contributed by atoms with Gasteiger partial charge in [-0.2, -0.15) is 4.31 Å². The van der Waals surface area contributed by atoms with Gasteiger partial charge in [0.15, 0.2) is 0 Å². The number of aryl methyl sites for hydroxylation is 1. The van der Waals surface area contributed by atoms with Crippen LogP contribution in [0.25, 0.3) is 0 Å². The van der Waals surface area contributed by atoms with Gasteiger partial charge in [-0.1, -0.05) is 19.1 Å². The van der Waals surface area contributed by atoms with E-state index in [9.17, 15) is 13.2 Å². The molecule has 1 saturated heterocycles. The van der Waals surface area contributed by atoms with Crippen molar-refractivity contribution in [2.75, 3.05) is 23.7 Å². The Balaban J connectivity index is 1.60. The summed E-state index contributed by atoms with van der Waals surface area (Å²) in [6, 6.07) is 13.9. The molecule has 6 nitrogen and oxygen atoms in total. The van der Waals surface area contributed by atoms with E-state index in [0.29, 0.717) is 18.8 Å². The molecule has 0 saturated carbocycles. The lowest BCUT2D eigenvalue weighted by Crippen LogP contribution is -2.32. The largest absolute Gasteiger partial charge is 0.374 e. The van der Waals surface area contributed by atoms with Gasteiger partial charge in [-0.3, -0.25) is 4.79 Å². The van der Waals surface area contributed by atoms with Crippen LogP contribution >= 0.6 is 0 Å². The lowest BCUT2D eigenvalue weighted by molar-refractivity contribution is -0.116. The third kappa shape index (κ3) is 4.72. The van der Waals surface area contributed by atoms with Gasteiger partial charge in [-0.15, -0.1) is 0 Å². The standard InChI is InChI=1S/C21H27N3O3S/c1-3-17-6-8-18(9-7-17)22-16(2)21(25)23-19-10-12-20(13-11-19)28(26,27)24-14-4-5-15-24/h6-13,16,22H,3-5,14-15H2,1-2H3,(H,23,25)/t16-/m1/s1. The molecule has 0 aromatic heterocycles. The molecule has 2 aromatic rings. The van der Waals surface area contributed by atoms with Gasteiger partial charge in [0.05, 0.1) is 4.90 Å². The van der Waals surface area contributed by atoms with Crippen LogP contribution in [-0.2, 0) is 21.2 Å². The fourth-order valence-electron chi connectivity index (χ4n) is 3.19. The van der Waals surface area contributed by atoms with Crippen molar-refractivity contribution in [2.45, 2.75) is 44.0 Å². The molecule has 1 heterocycles. The minimum absolute atomic E-state index is 0.185. The molecule has 150 valence electrons. The topological polar surface area (TPSA) is 78.5 Å². The maximum atomic E-state index is 12.6. The molecular formula is C21H27N3O3S. The van der Waals surface area contributed by atoms with Gasteiger partial charge in [0.25, 0.3) is 0 Å². The van der Waals surface area contributed by atoms with Crippen LogP contribution < -0.4 is 10.6 Å². The molecule has 0 bridgehead atoms. The molecule has 7 heteroatoms. The lowest BCUT2D eigenvalue weighted by Gasteiger charge is -2.17. The van der Waals surface area contributed by atoms with E-state index in [1.807, 2.05) is 24.3 Å². The second-order valence-electron chi connectivity index (χ2n) is 7.04. The summed E-state index contributed by atoms with van der Waals surface area (Å²) in [5, 5.41) is 5.99. The van der Waals surface area contributed by atoms with Gasteiger partial charge in [0.1, 0.15) is 6.04 Å². The summed E-state index contributed by atoms with van der Waals surface area (Å²) in [4.78, 5) is 12.7. The number of nitrogens with zero attached hydrogens (tertiary/aromatic N) is 1. The van der Waals surface area contributed by atoms with E-state index in [1.165, 1.54) is 9.87 Å². The first-order chi connectivity index (χ1) is 13.4. The number of nitrogens with one attached hydrogen (secondary N) is 2. The average molecular weight is 402 g/mol. The summed E-state index contributed by atoms with van der Waals surface area (Å²) in [5.74, 6) is -0.185. The Labute approximate surface area is 167 Å². The minimum Gasteiger partial charge on any atom is -0.374 e. The molecule has 1 aliphatic heterocycles. The van der Waals surface area contributed by atoms with E-state index in [-0.39, 0.29) is 10.8 Å². The predicted octanol–water partition coefficient (Wildman–Crippen LogP) is 3.47. The second-order valence-corrected chi connectivity index (χ2v) is 8.98. The SMILES string of the molecule is CCc1ccc(N[C@H](C)C(=O)Nc2ccc(S(=O)(=O)N3CCCC3)cc2)cc1. The molecule has 2 aromatic carbocycles. The van der Waals surface area contributed by atoms with Crippen LogP contribution in [0, 0.1) is 0 Å². The number of benzene rings is 2. The molecule has 1 amide bonds. The highest BCUT2D eigenvalue weighted by Gasteiger charge is 2.27. The molecule has 1 fully saturated rings. The third-order valence-electron chi connectivity index (χ3n) is 4.96. The van der Waals surface area contributed by atoms with E-state index in [1.54, 1.807) is 31.2 Å². The fourth-order valence-corrected chi connectivity index (χ4v) is 4.71. The first kappa shape index (κ1) is 20.4. The van der Waals surface area contributed by atoms with Crippen molar-refractivity contribution >= 4 is 27.3 Å². The normalized spacial score (nSPS) is 15.9. The second kappa shape index (κ2) is 8.75. The Hall–Kier alpha value is -2.38. The number of rotatable bonds is 7. The first-order valence-corrected chi connectivity index (χ1v) is 11.1. The number of sulfonamides is 1. The summed E-state index contributed by atoms with van der Waals surface area (Å²) in [5.41, 5.74) is 2.69. The van der Waals surface area contributed by atoms with E-state index in [4.69, 9.17) is 0 Å². The third-order valence-corrected chi connectivity index (χ3v) is 6.88. The highest BCUT2D eigenvalue weighted by Crippen LogP contribution is 2.22. The Kier molecular flexibility index (Phi) is 6.36. The first-order valence-electron chi connectivity index (χ1n) is 9.66. The predicted molar refractivity (Wildman–Crippen MR) is 112 cm³/mol. The molecule has 0 unspecified atom stereocenters. The lowest BCUT2D eigenvalue weighted by atomic mass is 10.1. The Morgan fingerprint density at radius 3 is 2.14 bits per heavy atom. The van der Waals surface area contributed by atoms with Crippen molar-refractivity contribution in [1.29, 1.82) is 0 Å². The monoisotopic (exact) mass is 401 g/mol. The summed E-state index contributed by atoms with van der Waals surface area (Å²) in [6.07, 6.45) is 2.78. The fraction of sp³-hybridized carbons (Fsp3) is 0.381. The summed E-state index contributed by atoms with van der Waals surface area (Å²) in [7, 11) is -3.44. The molecule has 0 spiro atoms. The van der Waals surface area contributed by atoms with Crippen LogP contribution in [0.15, 0.2) is 53.4 Å². The number of carbonyl (C=O) groups is 1. The zero-order chi connectivity index (χ0) is 20.1. The number of anilines is 2. The van der Waals surface area contributed by atoms with Gasteiger partial charge < -0.3 is 10.6 Å². The molecular weight excluding hydrogens is 374 g/mol. The molecule has 3 rings (SSSR count). The van der Waals surface area contributed by atoms with Crippen molar-refractivity contribution in [2.24, 2.45) is 0 Å². The summed E-state index contributed by atoms with van der Waals surface area (Å²) >= 11 is 0. The quantitative estimate of drug-likeness (QED) is 0.745. The maximum Gasteiger partial charge on any atom is 0.246 e. The van der Waals surface area contributed by atoms with E-state index >= 15 is 0 Å². The highest BCUT2D eigenvalue weighted by atomic mass is 32.2. The van der Waals surface area contributed by atoms with Gasteiger partial charge >= 0.3 is 0 Å². The van der Waals surface area contributed by atoms with Crippen LogP contribution in [0.4, 0.5) is 11.4 Å². The van der Waals surface area contributed by atoms with E-state index < -0.39 is 16.1 Å². The number of hydrogen-bond acceptors (Lipinski definition) is 4. The van der Waals surface area contributed by atoms with Crippen LogP contribution in [0.1, 0.15) is 32.3 Å². The molecule has 0 radical (unpaired) electrons. The summed E-state index contributed by atoms with van der Waals surface area (Å²) in [6.45, 7) is 5.03. The van der Waals surface area contributed by atoms with Crippen molar-refractivity contribution in [3.63, 3.8) is 0 Å². The van der Waals surface area contributed by atoms with Crippen molar-refractivity contribution in [3.05, 3.63) is 54.1 Å². The van der Waals surface area contributed by atoms with Gasteiger partial charge in [-0.05, 0) is 68.1 Å². The smallest absolute Gasteiger partial charge is 0.246 e. The number of carbonyl (C=O) groups excluding carboxylic acids is 1. The number of hydrogen-bond donors (Lipinski definition) is 2. The molecule has 0 aliphatic carbocycles. The molecule has 1 aliphatic rings. The van der Waals surface area contributed by atoms with E-state index in [0.717, 1.165) is 24.9 Å². The number of amides is 1. The Morgan fingerprint density at radius 1 is 1.00 bits per heavy atom. The summed E-state index contributed by atoms with van der Waals surface area (Å²) < 4.78 is 26.6. The highest BCUT2D eigenvalue weighted by molar-refractivity contribution is 7.89. The van der Waals surface area contributed by atoms with Gasteiger partial charge in [0, 0.05) is 24.5 Å². The zero-order valence-corrected chi connectivity index (χ0v) is 17.1. The van der Waals surface area contributed by atoms with Gasteiger partial charge in [-0.25, -0.2) is 8.42 Å². The average Bonchev–Trinajstić information content (AvgIpc) is 3.25. The van der Waals surface area contributed by atoms with Crippen LogP contribution in [0.3, 0.4) is 0 Å². The van der Waals surface area contributed by atoms with Crippen molar-refractivity contribution in [1.82, 2.24) is 4.31 Å². The molecule has 1 atom stereocenters. The Bertz CT molecular complexity index is 903. The van der Waals surface area contributed by atoms with Crippen LogP contribution in [-0.4, -0.2) is 37.8 Å². The van der Waals surface area contributed by atoms with Crippen molar-refractivity contribution < 1.29 is 13.2 Å². The van der Waals surface area contributed by atoms with Crippen LogP contribution in [0.5, 0.6) is 0 Å². The molecule has 28 heavy (non-hydrogen) atoms. The van der Waals surface area contributed by atoms with E-state index in [2.05, 4.69) is 17.6 Å². The maximum absolute atomic E-state index is 12.6.